The van der Waals surface area contributed by atoms with Crippen LogP contribution in [0.5, 0.6) is 0 Å². The highest BCUT2D eigenvalue weighted by atomic mass is 32.2. The third-order valence-electron chi connectivity index (χ3n) is 5.68. The first-order chi connectivity index (χ1) is 14.1. The predicted octanol–water partition coefficient (Wildman–Crippen LogP) is 6.91. The highest BCUT2D eigenvalue weighted by Gasteiger charge is 2.36. The summed E-state index contributed by atoms with van der Waals surface area (Å²) >= 11 is 1.25. The summed E-state index contributed by atoms with van der Waals surface area (Å²) < 4.78 is 66.9. The third kappa shape index (κ3) is 4.63. The molecule has 0 aromatic heterocycles. The minimum absolute atomic E-state index is 0.0326. The number of carbonyl (C=O) groups is 1. The van der Waals surface area contributed by atoms with Crippen molar-refractivity contribution in [2.45, 2.75) is 60.4 Å². The Kier molecular flexibility index (Phi) is 5.55. The molecule has 0 unspecified atom stereocenters. The van der Waals surface area contributed by atoms with Crippen LogP contribution in [0.1, 0.15) is 48.8 Å². The van der Waals surface area contributed by atoms with Crippen LogP contribution in [0.15, 0.2) is 46.2 Å². The van der Waals surface area contributed by atoms with Crippen LogP contribution in [0.4, 0.5) is 27.6 Å². The number of amides is 1. The zero-order valence-electron chi connectivity index (χ0n) is 16.0. The molecule has 2 aromatic carbocycles. The molecule has 1 heterocycles. The van der Waals surface area contributed by atoms with E-state index in [-0.39, 0.29) is 43.7 Å². The minimum atomic E-state index is -4.54. The minimum Gasteiger partial charge on any atom is -0.326 e. The second kappa shape index (κ2) is 7.87. The number of rotatable bonds is 3. The number of hydrogen-bond acceptors (Lipinski definition) is 2. The third-order valence-corrected chi connectivity index (χ3v) is 6.88. The van der Waals surface area contributed by atoms with Gasteiger partial charge in [0.1, 0.15) is 0 Å². The molecule has 160 valence electrons. The Morgan fingerprint density at radius 2 is 1.80 bits per heavy atom. The van der Waals surface area contributed by atoms with Crippen molar-refractivity contribution in [2.75, 3.05) is 5.32 Å². The summed E-state index contributed by atoms with van der Waals surface area (Å²) in [6, 6.07) is 9.57. The maximum atomic E-state index is 13.4. The standard InChI is InChI=1S/C22H20F5NOS/c23-21(24)7-5-13(6-8-21)9-20(29)28-17-11-15(22(25,26)27)12-19-16(17)10-14-3-1-2-4-18(14)30-19/h1-4,11-13H,5-10H2,(H,28,29). The van der Waals surface area contributed by atoms with Gasteiger partial charge in [0.05, 0.1) is 5.56 Å². The molecular weight excluding hydrogens is 421 g/mol. The zero-order valence-corrected chi connectivity index (χ0v) is 16.8. The van der Waals surface area contributed by atoms with Crippen LogP contribution >= 0.6 is 11.8 Å². The molecule has 1 saturated carbocycles. The highest BCUT2D eigenvalue weighted by molar-refractivity contribution is 7.99. The van der Waals surface area contributed by atoms with Crippen LogP contribution in [-0.4, -0.2) is 11.8 Å². The summed E-state index contributed by atoms with van der Waals surface area (Å²) in [6.07, 6.45) is -4.11. The summed E-state index contributed by atoms with van der Waals surface area (Å²) in [5.74, 6) is -3.30. The number of carbonyl (C=O) groups excluding carboxylic acids is 1. The summed E-state index contributed by atoms with van der Waals surface area (Å²) in [5.41, 5.74) is 0.962. The monoisotopic (exact) mass is 441 g/mol. The van der Waals surface area contributed by atoms with Crippen LogP contribution in [0.2, 0.25) is 0 Å². The zero-order chi connectivity index (χ0) is 21.5. The first-order valence-corrected chi connectivity index (χ1v) is 10.6. The number of fused-ring (bicyclic) bond motifs is 2. The van der Waals surface area contributed by atoms with Crippen molar-refractivity contribution < 1.29 is 26.7 Å². The van der Waals surface area contributed by atoms with Crippen LogP contribution in [0, 0.1) is 5.92 Å². The van der Waals surface area contributed by atoms with Gasteiger partial charge in [-0.1, -0.05) is 30.0 Å². The summed E-state index contributed by atoms with van der Waals surface area (Å²) in [5, 5.41) is 2.64. The lowest BCUT2D eigenvalue weighted by Crippen LogP contribution is -2.27. The molecule has 1 aliphatic heterocycles. The molecule has 2 aliphatic rings. The van der Waals surface area contributed by atoms with Gasteiger partial charge >= 0.3 is 6.18 Å². The topological polar surface area (TPSA) is 29.1 Å². The largest absolute Gasteiger partial charge is 0.416 e. The Hall–Kier alpha value is -2.09. The Balaban J connectivity index is 1.57. The maximum absolute atomic E-state index is 13.4. The van der Waals surface area contributed by atoms with Crippen molar-refractivity contribution in [1.29, 1.82) is 0 Å². The van der Waals surface area contributed by atoms with E-state index in [9.17, 15) is 26.7 Å². The number of nitrogens with one attached hydrogen (secondary N) is 1. The van der Waals surface area contributed by atoms with Crippen molar-refractivity contribution in [3.63, 3.8) is 0 Å². The van der Waals surface area contributed by atoms with Gasteiger partial charge in [-0.2, -0.15) is 13.2 Å². The van der Waals surface area contributed by atoms with Gasteiger partial charge in [0.2, 0.25) is 11.8 Å². The normalized spacial score (nSPS) is 18.4. The van der Waals surface area contributed by atoms with Crippen molar-refractivity contribution in [1.82, 2.24) is 0 Å². The van der Waals surface area contributed by atoms with Gasteiger partial charge in [0, 0.05) is 41.2 Å². The molecule has 0 radical (unpaired) electrons. The fourth-order valence-electron chi connectivity index (χ4n) is 4.02. The van der Waals surface area contributed by atoms with Gasteiger partial charge in [-0.25, -0.2) is 8.78 Å². The molecule has 1 N–H and O–H groups in total. The van der Waals surface area contributed by atoms with Gasteiger partial charge in [0.25, 0.3) is 0 Å². The Morgan fingerprint density at radius 1 is 1.10 bits per heavy atom. The van der Waals surface area contributed by atoms with Crippen LogP contribution < -0.4 is 5.32 Å². The van der Waals surface area contributed by atoms with E-state index in [0.717, 1.165) is 22.6 Å². The number of alkyl halides is 5. The van der Waals surface area contributed by atoms with Crippen LogP contribution in [0.3, 0.4) is 0 Å². The van der Waals surface area contributed by atoms with Crippen LogP contribution in [0.25, 0.3) is 0 Å². The van der Waals surface area contributed by atoms with Crippen molar-refractivity contribution in [3.8, 4) is 0 Å². The molecule has 4 rings (SSSR count). The summed E-state index contributed by atoms with van der Waals surface area (Å²) in [7, 11) is 0. The molecule has 2 aromatic rings. The van der Waals surface area contributed by atoms with Crippen molar-refractivity contribution in [2.24, 2.45) is 5.92 Å². The number of anilines is 1. The Labute approximate surface area is 175 Å². The molecule has 0 spiro atoms. The van der Waals surface area contributed by atoms with E-state index < -0.39 is 23.6 Å². The second-order valence-corrected chi connectivity index (χ2v) is 9.02. The van der Waals surface area contributed by atoms with Gasteiger partial charge in [0.15, 0.2) is 0 Å². The summed E-state index contributed by atoms with van der Waals surface area (Å²) in [4.78, 5) is 13.9. The van der Waals surface area contributed by atoms with Crippen LogP contribution in [-0.2, 0) is 17.4 Å². The number of benzene rings is 2. The van der Waals surface area contributed by atoms with Gasteiger partial charge in [-0.15, -0.1) is 0 Å². The van der Waals surface area contributed by atoms with E-state index in [1.165, 1.54) is 11.8 Å². The quantitative estimate of drug-likeness (QED) is 0.447. The molecule has 1 aliphatic carbocycles. The molecule has 0 bridgehead atoms. The van der Waals surface area contributed by atoms with E-state index >= 15 is 0 Å². The van der Waals surface area contributed by atoms with E-state index in [0.29, 0.717) is 16.9 Å². The maximum Gasteiger partial charge on any atom is 0.416 e. The average Bonchev–Trinajstić information content (AvgIpc) is 2.67. The Bertz CT molecular complexity index is 962. The van der Waals surface area contributed by atoms with Gasteiger partial charge in [-0.05, 0) is 48.1 Å². The predicted molar refractivity (Wildman–Crippen MR) is 105 cm³/mol. The first kappa shape index (κ1) is 21.2. The lowest BCUT2D eigenvalue weighted by Gasteiger charge is -2.28. The van der Waals surface area contributed by atoms with E-state index in [4.69, 9.17) is 0 Å². The van der Waals surface area contributed by atoms with Crippen molar-refractivity contribution in [3.05, 3.63) is 53.1 Å². The fourth-order valence-corrected chi connectivity index (χ4v) is 5.17. The molecular formula is C22H20F5NOS. The molecule has 0 saturated heterocycles. The fraction of sp³-hybridized carbons (Fsp3) is 0.409. The molecule has 1 amide bonds. The van der Waals surface area contributed by atoms with E-state index in [1.807, 2.05) is 24.3 Å². The lowest BCUT2D eigenvalue weighted by atomic mass is 9.84. The number of hydrogen-bond donors (Lipinski definition) is 1. The van der Waals surface area contributed by atoms with Crippen molar-refractivity contribution >= 4 is 23.4 Å². The molecule has 30 heavy (non-hydrogen) atoms. The van der Waals surface area contributed by atoms with E-state index in [2.05, 4.69) is 5.32 Å². The number of halogens is 5. The van der Waals surface area contributed by atoms with Gasteiger partial charge < -0.3 is 5.32 Å². The van der Waals surface area contributed by atoms with E-state index in [1.54, 1.807) is 0 Å². The molecule has 0 atom stereocenters. The lowest BCUT2D eigenvalue weighted by molar-refractivity contribution is -0.137. The second-order valence-electron chi connectivity index (χ2n) is 7.94. The average molecular weight is 441 g/mol. The smallest absolute Gasteiger partial charge is 0.326 e. The first-order valence-electron chi connectivity index (χ1n) is 9.78. The van der Waals surface area contributed by atoms with Gasteiger partial charge in [-0.3, -0.25) is 4.79 Å². The highest BCUT2D eigenvalue weighted by Crippen LogP contribution is 2.45. The molecule has 1 fully saturated rings. The SMILES string of the molecule is O=C(CC1CCC(F)(F)CC1)Nc1cc(C(F)(F)F)cc2c1Cc1ccccc1S2. The summed E-state index contributed by atoms with van der Waals surface area (Å²) in [6.45, 7) is 0. The molecule has 8 heteroatoms. The molecule has 2 nitrogen and oxygen atoms in total. The Morgan fingerprint density at radius 3 is 2.50 bits per heavy atom.